The Kier molecular flexibility index (Phi) is 2.61. The molecule has 0 radical (unpaired) electrons. The molecule has 0 saturated heterocycles. The van der Waals surface area contributed by atoms with Crippen LogP contribution < -0.4 is 4.87 Å². The monoisotopic (exact) mass is 297 g/mol. The van der Waals surface area contributed by atoms with Crippen molar-refractivity contribution in [1.29, 1.82) is 0 Å². The summed E-state index contributed by atoms with van der Waals surface area (Å²) in [4.78, 5) is 27.6. The lowest BCUT2D eigenvalue weighted by Gasteiger charge is -2.38. The van der Waals surface area contributed by atoms with Crippen molar-refractivity contribution < 1.29 is 9.53 Å². The van der Waals surface area contributed by atoms with E-state index < -0.39 is 0 Å². The summed E-state index contributed by atoms with van der Waals surface area (Å²) in [5.41, 5.74) is 0. The summed E-state index contributed by atoms with van der Waals surface area (Å²) in [7, 11) is 1.45. The van der Waals surface area contributed by atoms with Crippen LogP contribution in [0.3, 0.4) is 0 Å². The van der Waals surface area contributed by atoms with Gasteiger partial charge >= 0.3 is 10.8 Å². The minimum Gasteiger partial charge on any atom is -0.469 e. The molecule has 1 aromatic heterocycles. The highest BCUT2D eigenvalue weighted by molar-refractivity contribution is 8.00. The average Bonchev–Trinajstić information content (AvgIpc) is 3.07. The van der Waals surface area contributed by atoms with Gasteiger partial charge in [-0.2, -0.15) is 0 Å². The molecule has 0 spiro atoms. The first-order valence-corrected chi connectivity index (χ1v) is 8.36. The fraction of sp³-hybridized carbons (Fsp3) is 0.692. The van der Waals surface area contributed by atoms with Gasteiger partial charge in [0.15, 0.2) is 0 Å². The number of esters is 1. The molecular weight excluding hydrogens is 282 g/mol. The van der Waals surface area contributed by atoms with E-state index in [1.165, 1.54) is 37.7 Å². The molecule has 0 amide bonds. The number of carbonyl (C=O) groups is 1. The Morgan fingerprint density at radius 3 is 2.95 bits per heavy atom. The molecule has 3 aliphatic rings. The van der Waals surface area contributed by atoms with Crippen molar-refractivity contribution >= 4 is 29.1 Å². The molecule has 2 fully saturated rings. The first kappa shape index (κ1) is 12.0. The number of hydrogen-bond donors (Lipinski definition) is 1. The van der Waals surface area contributed by atoms with Crippen LogP contribution in [0.25, 0.3) is 0 Å². The van der Waals surface area contributed by atoms with E-state index in [0.717, 1.165) is 9.90 Å². The number of carbonyl (C=O) groups excluding carboxylic acids is 1. The van der Waals surface area contributed by atoms with Crippen molar-refractivity contribution in [3.63, 3.8) is 0 Å². The van der Waals surface area contributed by atoms with Gasteiger partial charge in [0, 0.05) is 5.25 Å². The lowest BCUT2D eigenvalue weighted by Crippen LogP contribution is -2.37. The van der Waals surface area contributed by atoms with Crippen molar-refractivity contribution in [2.75, 3.05) is 7.11 Å². The molecule has 1 N–H and O–H groups in total. The maximum absolute atomic E-state index is 12.2. The first-order valence-electron chi connectivity index (χ1n) is 6.66. The molecule has 2 heterocycles. The summed E-state index contributed by atoms with van der Waals surface area (Å²) in [5.74, 6) is 1.33. The van der Waals surface area contributed by atoms with E-state index in [0.29, 0.717) is 23.0 Å². The number of thioether (sulfide) groups is 1. The van der Waals surface area contributed by atoms with E-state index in [1.807, 2.05) is 0 Å². The predicted octanol–water partition coefficient (Wildman–Crippen LogP) is 2.21. The van der Waals surface area contributed by atoms with Gasteiger partial charge in [-0.25, -0.2) is 0 Å². The highest BCUT2D eigenvalue weighted by Crippen LogP contribution is 2.62. The zero-order valence-corrected chi connectivity index (χ0v) is 12.2. The van der Waals surface area contributed by atoms with E-state index in [2.05, 4.69) is 4.98 Å². The van der Waals surface area contributed by atoms with Crippen molar-refractivity contribution in [2.45, 2.75) is 35.5 Å². The summed E-state index contributed by atoms with van der Waals surface area (Å²) >= 11 is 2.98. The molecule has 4 rings (SSSR count). The molecule has 1 aliphatic heterocycles. The van der Waals surface area contributed by atoms with Crippen LogP contribution in [-0.4, -0.2) is 23.3 Å². The van der Waals surface area contributed by atoms with E-state index in [-0.39, 0.29) is 16.8 Å². The number of hydrogen-bond acceptors (Lipinski definition) is 5. The largest absolute Gasteiger partial charge is 0.469 e. The number of thiazole rings is 1. The van der Waals surface area contributed by atoms with Crippen LogP contribution in [0, 0.1) is 17.8 Å². The quantitative estimate of drug-likeness (QED) is 0.807. The number of methoxy groups -OCH3 is 1. The van der Waals surface area contributed by atoms with Gasteiger partial charge in [0.25, 0.3) is 0 Å². The number of nitrogens with one attached hydrogen (secondary N) is 1. The third-order valence-corrected chi connectivity index (χ3v) is 7.54. The Balaban J connectivity index is 1.84. The summed E-state index contributed by atoms with van der Waals surface area (Å²) < 4.78 is 5.01. The molecular formula is C13H15NO3S2. The third-order valence-electron chi connectivity index (χ3n) is 4.92. The standard InChI is InChI=1S/C13H15NO3S2/c1-17-12(15)8-7-5-2-3-6(4-5)9(7)18-11-10(8)19-13(16)14-11/h5-9H,2-4H2,1H3,(H,14,16)/t5-,6-,7-,8-,9+/m0/s1. The number of H-pyrrole nitrogens is 1. The van der Waals surface area contributed by atoms with Crippen molar-refractivity contribution in [3.05, 3.63) is 14.5 Å². The molecule has 1 aromatic rings. The number of aromatic nitrogens is 1. The summed E-state index contributed by atoms with van der Waals surface area (Å²) in [5, 5.41) is 1.40. The molecule has 19 heavy (non-hydrogen) atoms. The van der Waals surface area contributed by atoms with Gasteiger partial charge in [0.05, 0.1) is 22.9 Å². The van der Waals surface area contributed by atoms with Gasteiger partial charge in [-0.05, 0) is 37.0 Å². The second kappa shape index (κ2) is 4.12. The lowest BCUT2D eigenvalue weighted by atomic mass is 9.78. The number of rotatable bonds is 1. The SMILES string of the molecule is COC(=O)[C@@H]1c2sc(=O)[nH]c2S[C@@H]2[C@H]3CC[C@@H](C3)[C@H]21. The molecule has 0 unspecified atom stereocenters. The number of ether oxygens (including phenoxy) is 1. The third kappa shape index (κ3) is 1.59. The van der Waals surface area contributed by atoms with Gasteiger partial charge in [-0.3, -0.25) is 9.59 Å². The molecule has 5 atom stereocenters. The summed E-state index contributed by atoms with van der Waals surface area (Å²) in [6.07, 6.45) is 3.75. The van der Waals surface area contributed by atoms with Crippen molar-refractivity contribution in [3.8, 4) is 0 Å². The fourth-order valence-corrected chi connectivity index (χ4v) is 7.09. The van der Waals surface area contributed by atoms with Gasteiger partial charge in [0.2, 0.25) is 0 Å². The Labute approximate surface area is 118 Å². The van der Waals surface area contributed by atoms with Gasteiger partial charge in [-0.15, -0.1) is 11.8 Å². The van der Waals surface area contributed by atoms with Crippen molar-refractivity contribution in [2.24, 2.45) is 17.8 Å². The fourth-order valence-electron chi connectivity index (χ4n) is 4.24. The minimum atomic E-state index is -0.217. The number of aromatic amines is 1. The molecule has 102 valence electrons. The van der Waals surface area contributed by atoms with Crippen molar-refractivity contribution in [1.82, 2.24) is 4.98 Å². The van der Waals surface area contributed by atoms with E-state index >= 15 is 0 Å². The zero-order chi connectivity index (χ0) is 13.1. The summed E-state index contributed by atoms with van der Waals surface area (Å²) in [6, 6.07) is 0. The van der Waals surface area contributed by atoms with Gasteiger partial charge in [0.1, 0.15) is 0 Å². The van der Waals surface area contributed by atoms with Gasteiger partial charge in [-0.1, -0.05) is 11.3 Å². The van der Waals surface area contributed by atoms with Gasteiger partial charge < -0.3 is 9.72 Å². The van der Waals surface area contributed by atoms with E-state index in [4.69, 9.17) is 4.74 Å². The van der Waals surface area contributed by atoms with Crippen LogP contribution in [0.15, 0.2) is 9.82 Å². The smallest absolute Gasteiger partial charge is 0.314 e. The molecule has 6 heteroatoms. The Morgan fingerprint density at radius 2 is 2.16 bits per heavy atom. The molecule has 2 bridgehead atoms. The number of fused-ring (bicyclic) bond motifs is 6. The highest BCUT2D eigenvalue weighted by atomic mass is 32.2. The second-order valence-corrected chi connectivity index (χ2v) is 7.90. The minimum absolute atomic E-state index is 0.0567. The molecule has 2 saturated carbocycles. The first-order chi connectivity index (χ1) is 9.19. The maximum atomic E-state index is 12.2. The Morgan fingerprint density at radius 1 is 1.37 bits per heavy atom. The lowest BCUT2D eigenvalue weighted by molar-refractivity contribution is -0.144. The van der Waals surface area contributed by atoms with Crippen LogP contribution in [0.1, 0.15) is 30.1 Å². The highest BCUT2D eigenvalue weighted by Gasteiger charge is 2.56. The van der Waals surface area contributed by atoms with Crippen LogP contribution in [0.2, 0.25) is 0 Å². The second-order valence-electron chi connectivity index (χ2n) is 5.70. The average molecular weight is 297 g/mol. The van der Waals surface area contributed by atoms with Crippen LogP contribution in [0.4, 0.5) is 0 Å². The van der Waals surface area contributed by atoms with Crippen LogP contribution >= 0.6 is 23.1 Å². The topological polar surface area (TPSA) is 59.2 Å². The Hall–Kier alpha value is -0.750. The van der Waals surface area contributed by atoms with E-state index in [9.17, 15) is 9.59 Å². The zero-order valence-electron chi connectivity index (χ0n) is 10.5. The maximum Gasteiger partial charge on any atom is 0.314 e. The van der Waals surface area contributed by atoms with E-state index in [1.54, 1.807) is 11.8 Å². The molecule has 0 aromatic carbocycles. The van der Waals surface area contributed by atoms with Crippen LogP contribution in [0.5, 0.6) is 0 Å². The predicted molar refractivity (Wildman–Crippen MR) is 73.7 cm³/mol. The Bertz CT molecular complexity index is 593. The van der Waals surface area contributed by atoms with Crippen LogP contribution in [-0.2, 0) is 9.53 Å². The molecule has 2 aliphatic carbocycles. The molecule has 4 nitrogen and oxygen atoms in total. The summed E-state index contributed by atoms with van der Waals surface area (Å²) in [6.45, 7) is 0. The normalized spacial score (nSPS) is 38.9.